The third kappa shape index (κ3) is 3.33. The lowest BCUT2D eigenvalue weighted by atomic mass is 10.3. The molecule has 0 amide bonds. The van der Waals surface area contributed by atoms with E-state index in [9.17, 15) is 12.8 Å². The second-order valence-electron chi connectivity index (χ2n) is 4.77. The van der Waals surface area contributed by atoms with E-state index in [1.54, 1.807) is 0 Å². The highest BCUT2D eigenvalue weighted by Gasteiger charge is 2.30. The molecular formula is C13H17FN3O2S+. The summed E-state index contributed by atoms with van der Waals surface area (Å²) in [4.78, 5) is 1.37. The highest BCUT2D eigenvalue weighted by molar-refractivity contribution is 7.89. The number of rotatable bonds is 4. The molecular weight excluding hydrogens is 281 g/mol. The van der Waals surface area contributed by atoms with Crippen molar-refractivity contribution in [2.45, 2.75) is 11.3 Å². The summed E-state index contributed by atoms with van der Waals surface area (Å²) in [6, 6.07) is 6.99. The number of nitrogens with zero attached hydrogens (tertiary/aromatic N) is 2. The number of nitrogens with one attached hydrogen (secondary N) is 1. The maximum absolute atomic E-state index is 12.8. The molecule has 0 radical (unpaired) electrons. The molecule has 0 atom stereocenters. The van der Waals surface area contributed by atoms with Crippen LogP contribution in [0, 0.1) is 17.1 Å². The number of piperazine rings is 1. The molecule has 0 aliphatic carbocycles. The molecule has 1 aliphatic rings. The largest absolute Gasteiger partial charge is 0.332 e. The fraction of sp³-hybridized carbons (Fsp3) is 0.462. The van der Waals surface area contributed by atoms with E-state index < -0.39 is 15.8 Å². The van der Waals surface area contributed by atoms with E-state index >= 15 is 0 Å². The summed E-state index contributed by atoms with van der Waals surface area (Å²) in [5, 5.41) is 8.55. The predicted molar refractivity (Wildman–Crippen MR) is 71.0 cm³/mol. The second-order valence-corrected chi connectivity index (χ2v) is 6.70. The lowest BCUT2D eigenvalue weighted by Crippen LogP contribution is -3.14. The van der Waals surface area contributed by atoms with E-state index in [0.717, 1.165) is 18.7 Å². The lowest BCUT2D eigenvalue weighted by molar-refractivity contribution is -0.903. The van der Waals surface area contributed by atoms with E-state index in [0.29, 0.717) is 32.6 Å². The predicted octanol–water partition coefficient (Wildman–Crippen LogP) is -0.371. The summed E-state index contributed by atoms with van der Waals surface area (Å²) in [6.07, 6.45) is 0.486. The third-order valence-corrected chi connectivity index (χ3v) is 5.38. The summed E-state index contributed by atoms with van der Waals surface area (Å²) in [5.74, 6) is -0.449. The molecule has 0 spiro atoms. The maximum Gasteiger partial charge on any atom is 0.243 e. The van der Waals surface area contributed by atoms with Gasteiger partial charge in [-0.05, 0) is 24.3 Å². The van der Waals surface area contributed by atoms with E-state index in [2.05, 4.69) is 6.07 Å². The minimum atomic E-state index is -3.53. The Morgan fingerprint density at radius 2 is 1.85 bits per heavy atom. The molecule has 1 heterocycles. The van der Waals surface area contributed by atoms with Crippen LogP contribution in [-0.2, 0) is 10.0 Å². The fourth-order valence-electron chi connectivity index (χ4n) is 2.28. The van der Waals surface area contributed by atoms with Crippen LogP contribution in [0.4, 0.5) is 4.39 Å². The molecule has 5 nitrogen and oxygen atoms in total. The van der Waals surface area contributed by atoms with Gasteiger partial charge in [-0.1, -0.05) is 0 Å². The van der Waals surface area contributed by atoms with Crippen LogP contribution >= 0.6 is 0 Å². The van der Waals surface area contributed by atoms with Crippen LogP contribution in [0.15, 0.2) is 29.2 Å². The first-order valence-corrected chi connectivity index (χ1v) is 7.94. The molecule has 7 heteroatoms. The zero-order valence-electron chi connectivity index (χ0n) is 11.0. The number of benzene rings is 1. The number of hydrogen-bond acceptors (Lipinski definition) is 3. The average molecular weight is 298 g/mol. The SMILES string of the molecule is N#CCC[NH+]1CCN(S(=O)(=O)c2ccc(F)cc2)CC1. The number of quaternary nitrogens is 1. The first-order valence-electron chi connectivity index (χ1n) is 6.50. The quantitative estimate of drug-likeness (QED) is 0.825. The maximum atomic E-state index is 12.8. The summed E-state index contributed by atoms with van der Waals surface area (Å²) >= 11 is 0. The Bertz CT molecular complexity index is 587. The minimum absolute atomic E-state index is 0.124. The van der Waals surface area contributed by atoms with Gasteiger partial charge in [0.15, 0.2) is 0 Å². The molecule has 1 aromatic carbocycles. The highest BCUT2D eigenvalue weighted by Crippen LogP contribution is 2.15. The van der Waals surface area contributed by atoms with Crippen molar-refractivity contribution in [1.29, 1.82) is 5.26 Å². The van der Waals surface area contributed by atoms with Crippen LogP contribution < -0.4 is 4.90 Å². The number of sulfonamides is 1. The average Bonchev–Trinajstić information content (AvgIpc) is 2.46. The molecule has 1 aromatic rings. The zero-order chi connectivity index (χ0) is 14.6. The van der Waals surface area contributed by atoms with Gasteiger partial charge in [0.05, 0.1) is 50.1 Å². The first kappa shape index (κ1) is 14.9. The van der Waals surface area contributed by atoms with Gasteiger partial charge in [0.2, 0.25) is 10.0 Å². The molecule has 1 N–H and O–H groups in total. The molecule has 20 heavy (non-hydrogen) atoms. The summed E-state index contributed by atoms with van der Waals surface area (Å²) in [6.45, 7) is 3.01. The van der Waals surface area contributed by atoms with Crippen molar-refractivity contribution in [1.82, 2.24) is 4.31 Å². The van der Waals surface area contributed by atoms with Crippen molar-refractivity contribution < 1.29 is 17.7 Å². The molecule has 0 saturated carbocycles. The smallest absolute Gasteiger partial charge is 0.243 e. The van der Waals surface area contributed by atoms with Crippen molar-refractivity contribution in [2.75, 3.05) is 32.7 Å². The van der Waals surface area contributed by atoms with Gasteiger partial charge in [0.25, 0.3) is 0 Å². The molecule has 0 aromatic heterocycles. The van der Waals surface area contributed by atoms with Crippen molar-refractivity contribution in [3.05, 3.63) is 30.1 Å². The van der Waals surface area contributed by atoms with Crippen LogP contribution in [0.2, 0.25) is 0 Å². The Labute approximate surface area is 118 Å². The normalized spacial score (nSPS) is 17.8. The molecule has 1 aliphatic heterocycles. The van der Waals surface area contributed by atoms with Crippen LogP contribution in [0.1, 0.15) is 6.42 Å². The molecule has 0 unspecified atom stereocenters. The topological polar surface area (TPSA) is 65.6 Å². The second kappa shape index (κ2) is 6.31. The van der Waals surface area contributed by atoms with Gasteiger partial charge in [-0.3, -0.25) is 0 Å². The van der Waals surface area contributed by atoms with Crippen LogP contribution in [-0.4, -0.2) is 45.4 Å². The van der Waals surface area contributed by atoms with E-state index in [1.165, 1.54) is 21.3 Å². The van der Waals surface area contributed by atoms with Gasteiger partial charge >= 0.3 is 0 Å². The standard InChI is InChI=1S/C13H16FN3O2S/c14-12-2-4-13(5-3-12)20(18,19)17-10-8-16(9-11-17)7-1-6-15/h2-5H,1,7-11H2/p+1. The first-order chi connectivity index (χ1) is 9.54. The van der Waals surface area contributed by atoms with Crippen LogP contribution in [0.5, 0.6) is 0 Å². The third-order valence-electron chi connectivity index (χ3n) is 3.47. The van der Waals surface area contributed by atoms with Gasteiger partial charge in [0.1, 0.15) is 5.82 Å². The van der Waals surface area contributed by atoms with Crippen molar-refractivity contribution >= 4 is 10.0 Å². The molecule has 0 bridgehead atoms. The van der Waals surface area contributed by atoms with E-state index in [4.69, 9.17) is 5.26 Å². The van der Waals surface area contributed by atoms with Gasteiger partial charge < -0.3 is 4.90 Å². The zero-order valence-corrected chi connectivity index (χ0v) is 11.9. The Hall–Kier alpha value is -1.49. The monoisotopic (exact) mass is 298 g/mol. The summed E-state index contributed by atoms with van der Waals surface area (Å²) < 4.78 is 39.0. The number of halogens is 1. The lowest BCUT2D eigenvalue weighted by Gasteiger charge is -2.31. The molecule has 2 rings (SSSR count). The number of nitriles is 1. The highest BCUT2D eigenvalue weighted by atomic mass is 32.2. The minimum Gasteiger partial charge on any atom is -0.332 e. The van der Waals surface area contributed by atoms with Crippen molar-refractivity contribution in [2.24, 2.45) is 0 Å². The molecule has 1 fully saturated rings. The van der Waals surface area contributed by atoms with Gasteiger partial charge in [0, 0.05) is 0 Å². The number of hydrogen-bond donors (Lipinski definition) is 1. The fourth-order valence-corrected chi connectivity index (χ4v) is 3.72. The van der Waals surface area contributed by atoms with Crippen molar-refractivity contribution in [3.63, 3.8) is 0 Å². The van der Waals surface area contributed by atoms with Crippen LogP contribution in [0.25, 0.3) is 0 Å². The van der Waals surface area contributed by atoms with Gasteiger partial charge in [-0.2, -0.15) is 9.57 Å². The Morgan fingerprint density at radius 1 is 1.25 bits per heavy atom. The van der Waals surface area contributed by atoms with Crippen molar-refractivity contribution in [3.8, 4) is 6.07 Å². The Kier molecular flexibility index (Phi) is 4.70. The Balaban J connectivity index is 2.02. The van der Waals surface area contributed by atoms with E-state index in [-0.39, 0.29) is 4.90 Å². The van der Waals surface area contributed by atoms with Crippen LogP contribution in [0.3, 0.4) is 0 Å². The van der Waals surface area contributed by atoms with E-state index in [1.807, 2.05) is 0 Å². The molecule has 108 valence electrons. The molecule has 1 saturated heterocycles. The summed E-state index contributed by atoms with van der Waals surface area (Å²) in [7, 11) is -3.53. The van der Waals surface area contributed by atoms with Gasteiger partial charge in [-0.25, -0.2) is 12.8 Å². The summed E-state index contributed by atoms with van der Waals surface area (Å²) in [5.41, 5.74) is 0. The van der Waals surface area contributed by atoms with Gasteiger partial charge in [-0.15, -0.1) is 0 Å². The Morgan fingerprint density at radius 3 is 2.40 bits per heavy atom.